The van der Waals surface area contributed by atoms with Gasteiger partial charge in [0.1, 0.15) is 0 Å². The van der Waals surface area contributed by atoms with Crippen LogP contribution in [0.5, 0.6) is 0 Å². The summed E-state index contributed by atoms with van der Waals surface area (Å²) in [4.78, 5) is 0. The molecule has 0 saturated heterocycles. The number of fused-ring (bicyclic) bond motifs is 5. The molecule has 4 saturated carbocycles. The molecule has 0 aromatic rings. The molecule has 3 nitrogen and oxygen atoms in total. The third kappa shape index (κ3) is 3.48. The van der Waals surface area contributed by atoms with Gasteiger partial charge in [-0.1, -0.05) is 13.8 Å². The van der Waals surface area contributed by atoms with Gasteiger partial charge in [-0.25, -0.2) is 0 Å². The highest BCUT2D eigenvalue weighted by Gasteiger charge is 2.60. The highest BCUT2D eigenvalue weighted by Crippen LogP contribution is 2.67. The molecule has 28 heavy (non-hydrogen) atoms. The molecule has 9 unspecified atom stereocenters. The van der Waals surface area contributed by atoms with Crippen molar-refractivity contribution in [3.8, 4) is 0 Å². The summed E-state index contributed by atoms with van der Waals surface area (Å²) >= 11 is 0. The molecule has 0 heterocycles. The van der Waals surface area contributed by atoms with Gasteiger partial charge in [-0.2, -0.15) is 0 Å². The van der Waals surface area contributed by atoms with Crippen LogP contribution in [0.3, 0.4) is 0 Å². The van der Waals surface area contributed by atoms with Gasteiger partial charge in [-0.05, 0) is 119 Å². The normalized spacial score (nSPS) is 49.8. The van der Waals surface area contributed by atoms with Crippen LogP contribution in [0.15, 0.2) is 0 Å². The molecule has 4 fully saturated rings. The molecule has 3 heteroatoms. The van der Waals surface area contributed by atoms with E-state index in [2.05, 4.69) is 20.8 Å². The molecular weight excluding hydrogens is 348 g/mol. The predicted octanol–water partition coefficient (Wildman–Crippen LogP) is 5.18. The second-order valence-electron chi connectivity index (χ2n) is 12.1. The highest BCUT2D eigenvalue weighted by molar-refractivity contribution is 5.10. The lowest BCUT2D eigenvalue weighted by molar-refractivity contribution is -0.140. The fraction of sp³-hybridized carbons (Fsp3) is 1.00. The molecule has 0 aromatic heterocycles. The monoisotopic (exact) mass is 392 g/mol. The Balaban J connectivity index is 1.49. The van der Waals surface area contributed by atoms with E-state index in [1.165, 1.54) is 44.9 Å². The zero-order valence-electron chi connectivity index (χ0n) is 18.9. The molecule has 9 atom stereocenters. The van der Waals surface area contributed by atoms with Crippen LogP contribution in [0.25, 0.3) is 0 Å². The van der Waals surface area contributed by atoms with Crippen LogP contribution in [-0.4, -0.2) is 34.6 Å². The van der Waals surface area contributed by atoms with Gasteiger partial charge < -0.3 is 14.9 Å². The average molecular weight is 393 g/mol. The van der Waals surface area contributed by atoms with E-state index in [1.807, 2.05) is 13.8 Å². The lowest BCUT2D eigenvalue weighted by Gasteiger charge is -2.61. The standard InChI is InChI=1S/C25H44O3/c1-16(28-15-23(2,3)27)20-8-9-21-19-7-6-17-14-18(26)10-12-24(17,4)22(19)11-13-25(20,21)5/h16-22,26-27H,6-15H2,1-5H3. The molecule has 0 spiro atoms. The highest BCUT2D eigenvalue weighted by atomic mass is 16.5. The van der Waals surface area contributed by atoms with Crippen molar-refractivity contribution in [2.75, 3.05) is 6.61 Å². The maximum Gasteiger partial charge on any atom is 0.0824 e. The molecule has 0 amide bonds. The average Bonchev–Trinajstić information content (AvgIpc) is 2.97. The molecule has 0 aliphatic heterocycles. The summed E-state index contributed by atoms with van der Waals surface area (Å²) in [6.07, 6.45) is 11.5. The second kappa shape index (κ2) is 7.24. The number of hydrogen-bond donors (Lipinski definition) is 2. The van der Waals surface area contributed by atoms with Crippen LogP contribution in [-0.2, 0) is 4.74 Å². The fourth-order valence-electron chi connectivity index (χ4n) is 8.50. The largest absolute Gasteiger partial charge is 0.393 e. The van der Waals surface area contributed by atoms with Gasteiger partial charge in [0.05, 0.1) is 24.4 Å². The molecule has 162 valence electrons. The van der Waals surface area contributed by atoms with E-state index in [0.29, 0.717) is 23.4 Å². The van der Waals surface area contributed by atoms with Crippen molar-refractivity contribution < 1.29 is 14.9 Å². The molecule has 0 radical (unpaired) electrons. The van der Waals surface area contributed by atoms with Crippen molar-refractivity contribution in [2.24, 2.45) is 40.4 Å². The van der Waals surface area contributed by atoms with E-state index in [4.69, 9.17) is 4.74 Å². The zero-order chi connectivity index (χ0) is 20.3. The number of hydrogen-bond acceptors (Lipinski definition) is 3. The summed E-state index contributed by atoms with van der Waals surface area (Å²) in [5.74, 6) is 3.95. The molecule has 0 bridgehead atoms. The van der Waals surface area contributed by atoms with Crippen LogP contribution in [0.1, 0.15) is 92.4 Å². The van der Waals surface area contributed by atoms with E-state index in [-0.39, 0.29) is 12.2 Å². The Morgan fingerprint density at radius 3 is 2.36 bits per heavy atom. The topological polar surface area (TPSA) is 49.7 Å². The first kappa shape index (κ1) is 21.1. The lowest BCUT2D eigenvalue weighted by atomic mass is 9.44. The summed E-state index contributed by atoms with van der Waals surface area (Å²) in [5.41, 5.74) is 0.117. The van der Waals surface area contributed by atoms with Crippen molar-refractivity contribution in [3.05, 3.63) is 0 Å². The third-order valence-electron chi connectivity index (χ3n) is 9.98. The van der Waals surface area contributed by atoms with E-state index in [9.17, 15) is 10.2 Å². The first-order valence-corrected chi connectivity index (χ1v) is 12.1. The Morgan fingerprint density at radius 1 is 0.964 bits per heavy atom. The molecule has 2 N–H and O–H groups in total. The number of aliphatic hydroxyl groups is 2. The Morgan fingerprint density at radius 2 is 1.64 bits per heavy atom. The molecule has 4 aliphatic rings. The zero-order valence-corrected chi connectivity index (χ0v) is 18.9. The van der Waals surface area contributed by atoms with Crippen molar-refractivity contribution in [1.82, 2.24) is 0 Å². The minimum absolute atomic E-state index is 0.0480. The molecule has 0 aromatic carbocycles. The number of aliphatic hydroxyl groups excluding tert-OH is 1. The van der Waals surface area contributed by atoms with E-state index >= 15 is 0 Å². The van der Waals surface area contributed by atoms with Crippen LogP contribution in [0, 0.1) is 40.4 Å². The SMILES string of the molecule is CC(OCC(C)(C)O)C1CCC2C3CCC4CC(O)CCC4(C)C3CCC12C. The third-order valence-corrected chi connectivity index (χ3v) is 9.98. The Kier molecular flexibility index (Phi) is 5.46. The maximum absolute atomic E-state index is 10.2. The van der Waals surface area contributed by atoms with Crippen molar-refractivity contribution in [1.29, 1.82) is 0 Å². The lowest BCUT2D eigenvalue weighted by Crippen LogP contribution is -2.54. The van der Waals surface area contributed by atoms with E-state index < -0.39 is 5.60 Å². The van der Waals surface area contributed by atoms with Crippen LogP contribution < -0.4 is 0 Å². The summed E-state index contributed by atoms with van der Waals surface area (Å²) in [6.45, 7) is 11.5. The van der Waals surface area contributed by atoms with Gasteiger partial charge in [0, 0.05) is 0 Å². The maximum atomic E-state index is 10.2. The van der Waals surface area contributed by atoms with Gasteiger partial charge in [0.2, 0.25) is 0 Å². The van der Waals surface area contributed by atoms with Crippen molar-refractivity contribution in [3.63, 3.8) is 0 Å². The summed E-state index contributed by atoms with van der Waals surface area (Å²) in [7, 11) is 0. The Bertz CT molecular complexity index is 569. The summed E-state index contributed by atoms with van der Waals surface area (Å²) < 4.78 is 6.18. The van der Waals surface area contributed by atoms with E-state index in [0.717, 1.165) is 36.5 Å². The Labute approximate surface area is 172 Å². The second-order valence-corrected chi connectivity index (χ2v) is 12.1. The number of rotatable bonds is 4. The fourth-order valence-corrected chi connectivity index (χ4v) is 8.50. The molecule has 4 rings (SSSR count). The van der Waals surface area contributed by atoms with Crippen molar-refractivity contribution >= 4 is 0 Å². The summed E-state index contributed by atoms with van der Waals surface area (Å²) in [5, 5.41) is 20.3. The Hall–Kier alpha value is -0.120. The van der Waals surface area contributed by atoms with Gasteiger partial charge in [0.15, 0.2) is 0 Å². The first-order chi connectivity index (χ1) is 13.0. The van der Waals surface area contributed by atoms with Crippen LogP contribution >= 0.6 is 0 Å². The first-order valence-electron chi connectivity index (χ1n) is 12.1. The van der Waals surface area contributed by atoms with Crippen LogP contribution in [0.4, 0.5) is 0 Å². The minimum atomic E-state index is -0.747. The van der Waals surface area contributed by atoms with Gasteiger partial charge in [0.25, 0.3) is 0 Å². The van der Waals surface area contributed by atoms with Gasteiger partial charge in [-0.15, -0.1) is 0 Å². The van der Waals surface area contributed by atoms with Gasteiger partial charge in [-0.3, -0.25) is 0 Å². The predicted molar refractivity (Wildman–Crippen MR) is 113 cm³/mol. The van der Waals surface area contributed by atoms with Crippen LogP contribution in [0.2, 0.25) is 0 Å². The van der Waals surface area contributed by atoms with Gasteiger partial charge >= 0.3 is 0 Å². The minimum Gasteiger partial charge on any atom is -0.393 e. The van der Waals surface area contributed by atoms with Crippen molar-refractivity contribution in [2.45, 2.75) is 110 Å². The van der Waals surface area contributed by atoms with E-state index in [1.54, 1.807) is 0 Å². The number of ether oxygens (including phenoxy) is 1. The smallest absolute Gasteiger partial charge is 0.0824 e. The summed E-state index contributed by atoms with van der Waals surface area (Å²) in [6, 6.07) is 0. The molecular formula is C25H44O3. The molecule has 4 aliphatic carbocycles. The quantitative estimate of drug-likeness (QED) is 0.693.